The van der Waals surface area contributed by atoms with Crippen LogP contribution in [0.4, 0.5) is 0 Å². The Morgan fingerprint density at radius 3 is 2.12 bits per heavy atom. The van der Waals surface area contributed by atoms with Crippen molar-refractivity contribution < 1.29 is 18.7 Å². The molecule has 0 aromatic carbocycles. The molecule has 0 saturated carbocycles. The van der Waals surface area contributed by atoms with E-state index in [0.29, 0.717) is 6.61 Å². The summed E-state index contributed by atoms with van der Waals surface area (Å²) in [6.45, 7) is 11.3. The minimum Gasteiger partial charge on any atom is -0.469 e. The van der Waals surface area contributed by atoms with E-state index in [4.69, 9.17) is 9.16 Å². The maximum Gasteiger partial charge on any atom is 0.308 e. The number of ether oxygens (including phenoxy) is 2. The standard InChI is InChI=1S/C12H26O4Si/c1-12(2,3)17(6,7)16-9-10(14-4)8-11(13)15-5/h10H,8-9H2,1-7H3/t10-/m1/s1. The van der Waals surface area contributed by atoms with Gasteiger partial charge in [0.1, 0.15) is 0 Å². The maximum atomic E-state index is 11.2. The van der Waals surface area contributed by atoms with Gasteiger partial charge >= 0.3 is 5.97 Å². The van der Waals surface area contributed by atoms with E-state index < -0.39 is 8.32 Å². The molecule has 0 aliphatic rings. The highest BCUT2D eigenvalue weighted by Gasteiger charge is 2.37. The lowest BCUT2D eigenvalue weighted by Crippen LogP contribution is -2.43. The zero-order chi connectivity index (χ0) is 13.7. The number of esters is 1. The second-order valence-electron chi connectivity index (χ2n) is 5.71. The smallest absolute Gasteiger partial charge is 0.308 e. The zero-order valence-electron chi connectivity index (χ0n) is 12.1. The van der Waals surface area contributed by atoms with Crippen LogP contribution in [0.25, 0.3) is 0 Å². The molecule has 0 unspecified atom stereocenters. The van der Waals surface area contributed by atoms with Gasteiger partial charge in [-0.15, -0.1) is 0 Å². The minimum absolute atomic E-state index is 0.163. The molecule has 102 valence electrons. The third-order valence-corrected chi connectivity index (χ3v) is 7.89. The van der Waals surface area contributed by atoms with Gasteiger partial charge in [-0.05, 0) is 18.1 Å². The van der Waals surface area contributed by atoms with E-state index >= 15 is 0 Å². The first kappa shape index (κ1) is 16.6. The highest BCUT2D eigenvalue weighted by molar-refractivity contribution is 6.74. The molecule has 0 aromatic rings. The average Bonchev–Trinajstić information content (AvgIpc) is 2.22. The van der Waals surface area contributed by atoms with Crippen molar-refractivity contribution in [2.45, 2.75) is 51.4 Å². The average molecular weight is 262 g/mol. The van der Waals surface area contributed by atoms with Gasteiger partial charge in [0.2, 0.25) is 0 Å². The van der Waals surface area contributed by atoms with Gasteiger partial charge in [0.05, 0.1) is 26.2 Å². The predicted molar refractivity (Wildman–Crippen MR) is 70.6 cm³/mol. The Kier molecular flexibility index (Phi) is 6.36. The summed E-state index contributed by atoms with van der Waals surface area (Å²) in [5.41, 5.74) is 0. The Hall–Kier alpha value is -0.393. The van der Waals surface area contributed by atoms with Crippen molar-refractivity contribution >= 4 is 14.3 Å². The number of carbonyl (C=O) groups excluding carboxylic acids is 1. The van der Waals surface area contributed by atoms with Crippen LogP contribution in [0.15, 0.2) is 0 Å². The number of carbonyl (C=O) groups is 1. The van der Waals surface area contributed by atoms with Crippen molar-refractivity contribution in [3.63, 3.8) is 0 Å². The Labute approximate surface area is 106 Å². The first-order valence-electron chi connectivity index (χ1n) is 5.87. The molecule has 0 N–H and O–H groups in total. The molecule has 0 aromatic heterocycles. The van der Waals surface area contributed by atoms with Gasteiger partial charge in [-0.2, -0.15) is 0 Å². The lowest BCUT2D eigenvalue weighted by Gasteiger charge is -2.37. The van der Waals surface area contributed by atoms with Gasteiger partial charge in [-0.25, -0.2) is 0 Å². The predicted octanol–water partition coefficient (Wildman–Crippen LogP) is 2.59. The summed E-state index contributed by atoms with van der Waals surface area (Å²) in [6, 6.07) is 0. The molecule has 0 heterocycles. The summed E-state index contributed by atoms with van der Waals surface area (Å²) in [5, 5.41) is 0.163. The number of methoxy groups -OCH3 is 2. The molecule has 0 spiro atoms. The molecule has 0 radical (unpaired) electrons. The van der Waals surface area contributed by atoms with Crippen molar-refractivity contribution in [2.24, 2.45) is 0 Å². The van der Waals surface area contributed by atoms with Crippen LogP contribution in [-0.2, 0) is 18.7 Å². The van der Waals surface area contributed by atoms with Gasteiger partial charge in [0.15, 0.2) is 8.32 Å². The third-order valence-electron chi connectivity index (χ3n) is 3.39. The van der Waals surface area contributed by atoms with Crippen molar-refractivity contribution in [1.82, 2.24) is 0 Å². The molecule has 0 bridgehead atoms. The lowest BCUT2D eigenvalue weighted by molar-refractivity contribution is -0.143. The molecule has 17 heavy (non-hydrogen) atoms. The van der Waals surface area contributed by atoms with E-state index in [2.05, 4.69) is 38.6 Å². The van der Waals surface area contributed by atoms with Crippen LogP contribution in [0.1, 0.15) is 27.2 Å². The third kappa shape index (κ3) is 5.65. The quantitative estimate of drug-likeness (QED) is 0.545. The minimum atomic E-state index is -1.78. The molecule has 4 nitrogen and oxygen atoms in total. The van der Waals surface area contributed by atoms with Gasteiger partial charge in [-0.1, -0.05) is 20.8 Å². The van der Waals surface area contributed by atoms with E-state index in [9.17, 15) is 4.79 Å². The van der Waals surface area contributed by atoms with Crippen LogP contribution in [0.3, 0.4) is 0 Å². The van der Waals surface area contributed by atoms with Gasteiger partial charge in [0.25, 0.3) is 0 Å². The summed E-state index contributed by atoms with van der Waals surface area (Å²) >= 11 is 0. The molecule has 5 heteroatoms. The first-order chi connectivity index (χ1) is 7.64. The highest BCUT2D eigenvalue weighted by Crippen LogP contribution is 2.36. The van der Waals surface area contributed by atoms with Gasteiger partial charge in [0, 0.05) is 7.11 Å². The molecule has 0 saturated heterocycles. The summed E-state index contributed by atoms with van der Waals surface area (Å²) in [5.74, 6) is -0.268. The van der Waals surface area contributed by atoms with Crippen molar-refractivity contribution in [1.29, 1.82) is 0 Å². The van der Waals surface area contributed by atoms with Crippen molar-refractivity contribution in [3.05, 3.63) is 0 Å². The summed E-state index contributed by atoms with van der Waals surface area (Å²) in [4.78, 5) is 11.2. The maximum absolute atomic E-state index is 11.2. The van der Waals surface area contributed by atoms with Crippen molar-refractivity contribution in [2.75, 3.05) is 20.8 Å². The fraction of sp³-hybridized carbons (Fsp3) is 0.917. The Morgan fingerprint density at radius 1 is 1.24 bits per heavy atom. The van der Waals surface area contributed by atoms with Crippen LogP contribution in [0.2, 0.25) is 18.1 Å². The fourth-order valence-electron chi connectivity index (χ4n) is 0.997. The van der Waals surface area contributed by atoms with E-state index in [1.807, 2.05) is 0 Å². The largest absolute Gasteiger partial charge is 0.469 e. The monoisotopic (exact) mass is 262 g/mol. The number of hydrogen-bond donors (Lipinski definition) is 0. The first-order valence-corrected chi connectivity index (χ1v) is 8.78. The molecule has 0 aliphatic heterocycles. The Balaban J connectivity index is 4.28. The molecular formula is C12H26O4Si. The van der Waals surface area contributed by atoms with Crippen LogP contribution in [-0.4, -0.2) is 41.2 Å². The zero-order valence-corrected chi connectivity index (χ0v) is 13.1. The van der Waals surface area contributed by atoms with Crippen LogP contribution in [0.5, 0.6) is 0 Å². The molecule has 0 amide bonds. The molecule has 1 atom stereocenters. The Morgan fingerprint density at radius 2 is 1.76 bits per heavy atom. The summed E-state index contributed by atoms with van der Waals surface area (Å²) in [6.07, 6.45) is 0.0123. The molecular weight excluding hydrogens is 236 g/mol. The van der Waals surface area contributed by atoms with Crippen LogP contribution < -0.4 is 0 Å². The Bertz CT molecular complexity index is 245. The topological polar surface area (TPSA) is 44.8 Å². The van der Waals surface area contributed by atoms with E-state index in [1.165, 1.54) is 7.11 Å². The lowest BCUT2D eigenvalue weighted by atomic mass is 10.2. The van der Waals surface area contributed by atoms with Gasteiger partial charge in [-0.3, -0.25) is 4.79 Å². The summed E-state index contributed by atoms with van der Waals surface area (Å²) in [7, 11) is 1.19. The second-order valence-corrected chi connectivity index (χ2v) is 10.5. The number of rotatable bonds is 6. The van der Waals surface area contributed by atoms with E-state index in [0.717, 1.165) is 0 Å². The van der Waals surface area contributed by atoms with Gasteiger partial charge < -0.3 is 13.9 Å². The van der Waals surface area contributed by atoms with Crippen LogP contribution >= 0.6 is 0 Å². The van der Waals surface area contributed by atoms with Crippen LogP contribution in [0, 0.1) is 0 Å². The second kappa shape index (κ2) is 6.52. The molecule has 0 aliphatic carbocycles. The molecule has 0 rings (SSSR count). The summed E-state index contributed by atoms with van der Waals surface area (Å²) < 4.78 is 15.8. The van der Waals surface area contributed by atoms with E-state index in [-0.39, 0.29) is 23.5 Å². The normalized spacial score (nSPS) is 14.5. The fourth-order valence-corrected chi connectivity index (χ4v) is 2.03. The molecule has 0 fully saturated rings. The highest BCUT2D eigenvalue weighted by atomic mass is 28.4. The van der Waals surface area contributed by atoms with E-state index in [1.54, 1.807) is 7.11 Å². The number of hydrogen-bond acceptors (Lipinski definition) is 4. The SMILES string of the molecule is COC(=O)C[C@H](CO[Si](C)(C)C(C)(C)C)OC. The van der Waals surface area contributed by atoms with Crippen molar-refractivity contribution in [3.8, 4) is 0 Å².